The summed E-state index contributed by atoms with van der Waals surface area (Å²) in [4.78, 5) is 17.5. The molecule has 0 spiro atoms. The zero-order valence-electron chi connectivity index (χ0n) is 19.2. The summed E-state index contributed by atoms with van der Waals surface area (Å²) in [5.74, 6) is 0.865. The topological polar surface area (TPSA) is 93.5 Å². The number of carbonyl (C=O) groups excluding carboxylic acids is 1. The molecule has 8 nitrogen and oxygen atoms in total. The van der Waals surface area contributed by atoms with Gasteiger partial charge >= 0.3 is 0 Å². The molecule has 176 valence electrons. The minimum Gasteiger partial charge on any atom is -0.497 e. The maximum absolute atomic E-state index is 13.1. The molecular weight excluding hydrogens is 452 g/mol. The summed E-state index contributed by atoms with van der Waals surface area (Å²) in [5, 5.41) is 4.69. The lowest BCUT2D eigenvalue weighted by Gasteiger charge is -2.22. The molecule has 4 aromatic rings. The third-order valence-electron chi connectivity index (χ3n) is 5.67. The molecule has 0 fully saturated rings. The number of aryl methyl sites for hydroxylation is 1. The molecule has 1 amide bonds. The highest BCUT2D eigenvalue weighted by molar-refractivity contribution is 7.89. The second-order valence-electron chi connectivity index (χ2n) is 7.94. The van der Waals surface area contributed by atoms with Crippen LogP contribution in [0, 0.1) is 0 Å². The second-order valence-corrected chi connectivity index (χ2v) is 9.98. The van der Waals surface area contributed by atoms with E-state index in [1.165, 1.54) is 7.05 Å². The van der Waals surface area contributed by atoms with E-state index in [-0.39, 0.29) is 11.4 Å². The summed E-state index contributed by atoms with van der Waals surface area (Å²) in [6.07, 6.45) is 3.43. The highest BCUT2D eigenvalue weighted by Crippen LogP contribution is 2.24. The fraction of sp³-hybridized carbons (Fsp3) is 0.200. The average molecular weight is 479 g/mol. The predicted octanol–water partition coefficient (Wildman–Crippen LogP) is 3.11. The number of methoxy groups -OCH3 is 1. The number of nitrogens with one attached hydrogen (secondary N) is 1. The minimum atomic E-state index is -3.86. The minimum absolute atomic E-state index is 0.136. The fourth-order valence-corrected chi connectivity index (χ4v) is 4.91. The molecule has 0 saturated heterocycles. The van der Waals surface area contributed by atoms with E-state index in [1.54, 1.807) is 49.8 Å². The molecule has 0 aliphatic rings. The second kappa shape index (κ2) is 9.66. The molecule has 1 atom stereocenters. The molecular formula is C25H26N4O4S. The number of benzene rings is 3. The van der Waals surface area contributed by atoms with Crippen LogP contribution in [0.2, 0.25) is 0 Å². The molecule has 0 aliphatic heterocycles. The van der Waals surface area contributed by atoms with E-state index in [0.29, 0.717) is 11.6 Å². The Morgan fingerprint density at radius 1 is 1.09 bits per heavy atom. The Kier molecular flexibility index (Phi) is 6.67. The van der Waals surface area contributed by atoms with Crippen molar-refractivity contribution in [2.24, 2.45) is 7.05 Å². The van der Waals surface area contributed by atoms with Crippen LogP contribution in [0.4, 0.5) is 0 Å². The lowest BCUT2D eigenvalue weighted by Crippen LogP contribution is -2.40. The van der Waals surface area contributed by atoms with Gasteiger partial charge < -0.3 is 14.6 Å². The van der Waals surface area contributed by atoms with Crippen molar-refractivity contribution in [1.82, 2.24) is 19.2 Å². The van der Waals surface area contributed by atoms with Crippen molar-refractivity contribution in [3.63, 3.8) is 0 Å². The number of aromatic nitrogens is 2. The predicted molar refractivity (Wildman–Crippen MR) is 130 cm³/mol. The Labute approximate surface area is 198 Å². The normalized spacial score (nSPS) is 12.6. The third kappa shape index (κ3) is 4.80. The first-order valence-corrected chi connectivity index (χ1v) is 12.1. The van der Waals surface area contributed by atoms with Crippen LogP contribution in [-0.2, 0) is 21.9 Å². The summed E-state index contributed by atoms with van der Waals surface area (Å²) in [5.41, 5.74) is 0.795. The third-order valence-corrected chi connectivity index (χ3v) is 7.47. The molecule has 0 saturated carbocycles. The number of hydrogen-bond donors (Lipinski definition) is 1. The Hall–Kier alpha value is -3.69. The van der Waals surface area contributed by atoms with Crippen LogP contribution in [0.1, 0.15) is 17.4 Å². The summed E-state index contributed by atoms with van der Waals surface area (Å²) in [6, 6.07) is 19.2. The molecule has 0 bridgehead atoms. The van der Waals surface area contributed by atoms with Gasteiger partial charge in [0.25, 0.3) is 0 Å². The molecule has 4 rings (SSSR count). The molecule has 0 aliphatic carbocycles. The van der Waals surface area contributed by atoms with Crippen molar-refractivity contribution in [1.29, 1.82) is 0 Å². The van der Waals surface area contributed by atoms with E-state index in [4.69, 9.17) is 4.74 Å². The van der Waals surface area contributed by atoms with E-state index >= 15 is 0 Å². The van der Waals surface area contributed by atoms with Crippen LogP contribution < -0.4 is 10.1 Å². The summed E-state index contributed by atoms with van der Waals surface area (Å²) in [6.45, 7) is -0.341. The standard InChI is InChI=1S/C25H26N4O4S/c1-28-15-14-26-25(28)24(19-8-11-21(33-3)12-9-19)27-23(30)17-29(2)34(31,32)22-13-10-18-6-4-5-7-20(18)16-22/h4-16,24H,17H2,1-3H3,(H,27,30). The van der Waals surface area contributed by atoms with Gasteiger partial charge in [0.2, 0.25) is 15.9 Å². The SMILES string of the molecule is COc1ccc(C(NC(=O)CN(C)S(=O)(=O)c2ccc3ccccc3c2)c2nccn2C)cc1. The van der Waals surface area contributed by atoms with E-state index in [9.17, 15) is 13.2 Å². The largest absolute Gasteiger partial charge is 0.497 e. The summed E-state index contributed by atoms with van der Waals surface area (Å²) < 4.78 is 34.4. The van der Waals surface area contributed by atoms with Gasteiger partial charge in [0, 0.05) is 26.5 Å². The van der Waals surface area contributed by atoms with E-state index < -0.39 is 22.0 Å². The number of imidazole rings is 1. The van der Waals surface area contributed by atoms with Gasteiger partial charge in [-0.05, 0) is 40.6 Å². The number of sulfonamides is 1. The molecule has 9 heteroatoms. The first-order valence-electron chi connectivity index (χ1n) is 10.7. The number of ether oxygens (including phenoxy) is 1. The van der Waals surface area contributed by atoms with Gasteiger partial charge in [-0.3, -0.25) is 4.79 Å². The van der Waals surface area contributed by atoms with Crippen molar-refractivity contribution in [2.75, 3.05) is 20.7 Å². The Morgan fingerprint density at radius 3 is 2.44 bits per heavy atom. The lowest BCUT2D eigenvalue weighted by atomic mass is 10.1. The van der Waals surface area contributed by atoms with Gasteiger partial charge in [-0.25, -0.2) is 13.4 Å². The van der Waals surface area contributed by atoms with Crippen molar-refractivity contribution >= 4 is 26.7 Å². The Bertz CT molecular complexity index is 1410. The van der Waals surface area contributed by atoms with Gasteiger partial charge in [0.15, 0.2) is 0 Å². The van der Waals surface area contributed by atoms with Gasteiger partial charge in [-0.15, -0.1) is 0 Å². The van der Waals surface area contributed by atoms with E-state index in [0.717, 1.165) is 20.6 Å². The summed E-state index contributed by atoms with van der Waals surface area (Å²) >= 11 is 0. The number of fused-ring (bicyclic) bond motifs is 1. The van der Waals surface area contributed by atoms with Gasteiger partial charge in [0.1, 0.15) is 17.6 Å². The first kappa shape index (κ1) is 23.5. The first-order chi connectivity index (χ1) is 16.3. The van der Waals surface area contributed by atoms with Crippen molar-refractivity contribution in [3.05, 3.63) is 90.5 Å². The Balaban J connectivity index is 1.54. The molecule has 3 aromatic carbocycles. The number of hydrogen-bond acceptors (Lipinski definition) is 5. The maximum Gasteiger partial charge on any atom is 0.243 e. The van der Waals surface area contributed by atoms with Crippen LogP contribution in [0.5, 0.6) is 5.75 Å². The number of rotatable bonds is 8. The number of carbonyl (C=O) groups is 1. The number of likely N-dealkylation sites (N-methyl/N-ethyl adjacent to an activating group) is 1. The summed E-state index contributed by atoms with van der Waals surface area (Å²) in [7, 11) is 0.951. The molecule has 1 heterocycles. The molecule has 34 heavy (non-hydrogen) atoms. The van der Waals surface area contributed by atoms with Crippen LogP contribution >= 0.6 is 0 Å². The van der Waals surface area contributed by atoms with Crippen LogP contribution in [0.15, 0.2) is 84.0 Å². The fourth-order valence-electron chi connectivity index (χ4n) is 3.75. The monoisotopic (exact) mass is 478 g/mol. The molecule has 0 radical (unpaired) electrons. The molecule has 1 unspecified atom stereocenters. The quantitative estimate of drug-likeness (QED) is 0.420. The zero-order valence-corrected chi connectivity index (χ0v) is 20.0. The molecule has 1 N–H and O–H groups in total. The van der Waals surface area contributed by atoms with Gasteiger partial charge in [0.05, 0.1) is 18.6 Å². The maximum atomic E-state index is 13.1. The highest BCUT2D eigenvalue weighted by atomic mass is 32.2. The van der Waals surface area contributed by atoms with Gasteiger partial charge in [-0.1, -0.05) is 42.5 Å². The highest BCUT2D eigenvalue weighted by Gasteiger charge is 2.26. The van der Waals surface area contributed by atoms with Crippen LogP contribution in [-0.4, -0.2) is 48.9 Å². The van der Waals surface area contributed by atoms with Gasteiger partial charge in [-0.2, -0.15) is 4.31 Å². The Morgan fingerprint density at radius 2 is 1.79 bits per heavy atom. The van der Waals surface area contributed by atoms with Crippen LogP contribution in [0.25, 0.3) is 10.8 Å². The van der Waals surface area contributed by atoms with Crippen molar-refractivity contribution < 1.29 is 17.9 Å². The average Bonchev–Trinajstić information content (AvgIpc) is 3.27. The lowest BCUT2D eigenvalue weighted by molar-refractivity contribution is -0.121. The van der Waals surface area contributed by atoms with Crippen molar-refractivity contribution in [3.8, 4) is 5.75 Å². The van der Waals surface area contributed by atoms with E-state index in [2.05, 4.69) is 10.3 Å². The smallest absolute Gasteiger partial charge is 0.243 e. The number of amides is 1. The van der Waals surface area contributed by atoms with Crippen LogP contribution in [0.3, 0.4) is 0 Å². The zero-order chi connectivity index (χ0) is 24.3. The molecule has 1 aromatic heterocycles. The van der Waals surface area contributed by atoms with E-state index in [1.807, 2.05) is 48.0 Å². The number of nitrogens with zero attached hydrogens (tertiary/aromatic N) is 3. The van der Waals surface area contributed by atoms with Crippen molar-refractivity contribution in [2.45, 2.75) is 10.9 Å².